The predicted octanol–water partition coefficient (Wildman–Crippen LogP) is -1.71. The Labute approximate surface area is 123 Å². The van der Waals surface area contributed by atoms with Crippen molar-refractivity contribution in [3.63, 3.8) is 0 Å². The largest absolute Gasteiger partial charge is 0.476 e. The maximum Gasteiger partial charge on any atom is 0.364 e. The molecule has 0 saturated heterocycles. The monoisotopic (exact) mass is 240 g/mol. The molecule has 0 aromatic carbocycles. The zero-order valence-electron chi connectivity index (χ0n) is 7.44. The second-order valence-corrected chi connectivity index (χ2v) is 2.19. The molecule has 10 heteroatoms. The summed E-state index contributed by atoms with van der Waals surface area (Å²) >= 11 is 0. The Morgan fingerprint density at radius 3 is 2.27 bits per heavy atom. The molecule has 1 rings (SSSR count). The maximum atomic E-state index is 10.8. The van der Waals surface area contributed by atoms with Crippen LogP contribution in [0.4, 0.5) is 5.69 Å². The van der Waals surface area contributed by atoms with Crippen molar-refractivity contribution in [3.05, 3.63) is 36.6 Å². The molecule has 9 nitrogen and oxygen atoms in total. The molecule has 1 aromatic heterocycles. The van der Waals surface area contributed by atoms with Gasteiger partial charge in [-0.05, 0) is 0 Å². The van der Waals surface area contributed by atoms with E-state index in [0.717, 1.165) is 0 Å². The number of carboxylic acid groups (broad SMARTS) is 1. The zero-order chi connectivity index (χ0) is 10.9. The van der Waals surface area contributed by atoms with Crippen molar-refractivity contribution < 1.29 is 14.8 Å². The van der Waals surface area contributed by atoms with Crippen LogP contribution in [0.5, 0.6) is 0 Å². The van der Waals surface area contributed by atoms with Gasteiger partial charge in [-0.15, -0.1) is 0 Å². The van der Waals surface area contributed by atoms with Gasteiger partial charge in [0.05, 0.1) is 4.92 Å². The number of nitrogens with one attached hydrogen (secondary N) is 2. The van der Waals surface area contributed by atoms with Crippen LogP contribution in [0.25, 0.3) is 0 Å². The van der Waals surface area contributed by atoms with Crippen LogP contribution >= 0.6 is 0 Å². The summed E-state index contributed by atoms with van der Waals surface area (Å²) in [6.45, 7) is 0. The molecule has 0 saturated carbocycles. The van der Waals surface area contributed by atoms with Crippen molar-refractivity contribution in [2.24, 2.45) is 0 Å². The van der Waals surface area contributed by atoms with Crippen LogP contribution in [0, 0.1) is 10.1 Å². The summed E-state index contributed by atoms with van der Waals surface area (Å²) in [5.74, 6) is -1.75. The third-order valence-corrected chi connectivity index (χ3v) is 1.31. The number of aromatic nitrogens is 2. The van der Waals surface area contributed by atoms with E-state index in [9.17, 15) is 24.5 Å². The van der Waals surface area contributed by atoms with E-state index in [2.05, 4.69) is 0 Å². The molecule has 1 radical (unpaired) electrons. The molecule has 0 spiro atoms. The number of hydrogen-bond acceptors (Lipinski definition) is 5. The smallest absolute Gasteiger partial charge is 0.364 e. The summed E-state index contributed by atoms with van der Waals surface area (Å²) in [4.78, 5) is 44.1. The van der Waals surface area contributed by atoms with Crippen molar-refractivity contribution in [1.29, 1.82) is 0 Å². The van der Waals surface area contributed by atoms with Crippen molar-refractivity contribution >= 4 is 63.0 Å². The van der Waals surface area contributed by atoms with Gasteiger partial charge < -0.3 is 5.11 Å². The third-order valence-electron chi connectivity index (χ3n) is 1.31. The number of aromatic amines is 2. The van der Waals surface area contributed by atoms with Gasteiger partial charge in [0, 0.05) is 51.4 Å². The van der Waals surface area contributed by atoms with Gasteiger partial charge in [-0.2, -0.15) is 0 Å². The van der Waals surface area contributed by atoms with Gasteiger partial charge in [0.1, 0.15) is 0 Å². The Bertz CT molecular complexity index is 516. The molecule has 0 atom stereocenters. The molecule has 0 aliphatic heterocycles. The Morgan fingerprint density at radius 1 is 1.33 bits per heavy atom. The number of nitro groups is 1. The summed E-state index contributed by atoms with van der Waals surface area (Å²) in [5.41, 5.74) is -4.70. The SMILES string of the molecule is O=C(O)c1[nH]c(=O)[nH]c(=O)c1[N+](=O)[O-].[K]. The Hall–Kier alpha value is -0.814. The summed E-state index contributed by atoms with van der Waals surface area (Å²) in [5, 5.41) is 18.7. The van der Waals surface area contributed by atoms with E-state index in [1.165, 1.54) is 0 Å². The van der Waals surface area contributed by atoms with Crippen LogP contribution in [0.15, 0.2) is 9.59 Å². The molecule has 0 aliphatic rings. The van der Waals surface area contributed by atoms with E-state index in [0.29, 0.717) is 0 Å². The molecule has 3 N–H and O–H groups in total. The maximum absolute atomic E-state index is 10.8. The molecule has 0 amide bonds. The fourth-order valence-electron chi connectivity index (χ4n) is 0.809. The molecule has 0 fully saturated rings. The zero-order valence-corrected chi connectivity index (χ0v) is 10.6. The summed E-state index contributed by atoms with van der Waals surface area (Å²) < 4.78 is 0. The van der Waals surface area contributed by atoms with Crippen molar-refractivity contribution in [2.75, 3.05) is 0 Å². The Morgan fingerprint density at radius 2 is 1.87 bits per heavy atom. The first-order valence-corrected chi connectivity index (χ1v) is 3.17. The van der Waals surface area contributed by atoms with E-state index in [1.807, 2.05) is 0 Å². The number of carbonyl (C=O) groups is 1. The third kappa shape index (κ3) is 3.07. The molecule has 0 bridgehead atoms. The van der Waals surface area contributed by atoms with Gasteiger partial charge in [0.2, 0.25) is 5.69 Å². The summed E-state index contributed by atoms with van der Waals surface area (Å²) in [7, 11) is 0. The number of aromatic carboxylic acids is 1. The molecule has 15 heavy (non-hydrogen) atoms. The molecule has 1 aromatic rings. The fourth-order valence-corrected chi connectivity index (χ4v) is 0.809. The van der Waals surface area contributed by atoms with E-state index < -0.39 is 33.5 Å². The Kier molecular flexibility index (Phi) is 5.03. The average molecular weight is 240 g/mol. The first kappa shape index (κ1) is 14.2. The minimum atomic E-state index is -1.75. The van der Waals surface area contributed by atoms with Crippen LogP contribution in [0.2, 0.25) is 0 Å². The van der Waals surface area contributed by atoms with Gasteiger partial charge in [0.15, 0.2) is 0 Å². The van der Waals surface area contributed by atoms with Crippen LogP contribution in [0.3, 0.4) is 0 Å². The van der Waals surface area contributed by atoms with Crippen LogP contribution < -0.4 is 11.2 Å². The normalized spacial score (nSPS) is 9.07. The van der Waals surface area contributed by atoms with E-state index in [1.54, 1.807) is 9.97 Å². The minimum Gasteiger partial charge on any atom is -0.476 e. The summed E-state index contributed by atoms with van der Waals surface area (Å²) in [6.07, 6.45) is 0. The van der Waals surface area contributed by atoms with Crippen LogP contribution in [-0.4, -0.2) is 77.4 Å². The van der Waals surface area contributed by atoms with Crippen LogP contribution in [0.1, 0.15) is 10.5 Å². The minimum absolute atomic E-state index is 0. The molecule has 75 valence electrons. The number of nitrogens with zero attached hydrogens (tertiary/aromatic N) is 1. The topological polar surface area (TPSA) is 146 Å². The number of carboxylic acids is 1. The molecular weight excluding hydrogens is 237 g/mol. The average Bonchev–Trinajstić information content (AvgIpc) is 2.01. The number of H-pyrrole nitrogens is 2. The second-order valence-electron chi connectivity index (χ2n) is 2.19. The van der Waals surface area contributed by atoms with Gasteiger partial charge in [-0.25, -0.2) is 9.59 Å². The second kappa shape index (κ2) is 5.32. The first-order chi connectivity index (χ1) is 6.43. The summed E-state index contributed by atoms with van der Waals surface area (Å²) in [6, 6.07) is 0. The van der Waals surface area contributed by atoms with Crippen molar-refractivity contribution in [3.8, 4) is 0 Å². The van der Waals surface area contributed by atoms with Crippen LogP contribution in [-0.2, 0) is 0 Å². The van der Waals surface area contributed by atoms with Gasteiger partial charge in [-0.3, -0.25) is 24.9 Å². The molecule has 1 heterocycles. The van der Waals surface area contributed by atoms with E-state index in [-0.39, 0.29) is 51.4 Å². The number of hydrogen-bond donors (Lipinski definition) is 3. The van der Waals surface area contributed by atoms with Gasteiger partial charge in [0.25, 0.3) is 0 Å². The van der Waals surface area contributed by atoms with E-state index >= 15 is 0 Å². The van der Waals surface area contributed by atoms with Crippen molar-refractivity contribution in [2.45, 2.75) is 0 Å². The first-order valence-electron chi connectivity index (χ1n) is 3.17. The van der Waals surface area contributed by atoms with E-state index in [4.69, 9.17) is 5.11 Å². The Balaban J connectivity index is 0.00000196. The van der Waals surface area contributed by atoms with Gasteiger partial charge in [-0.1, -0.05) is 0 Å². The standard InChI is InChI=1S/C5H3N3O6.K/c9-3-2(8(13)14)1(4(10)11)6-5(12)7-3;/h(H,10,11)(H2,6,7,9,12);. The molecule has 0 aliphatic carbocycles. The molecular formula is C5H3KN3O6. The molecule has 0 unspecified atom stereocenters. The number of rotatable bonds is 2. The predicted molar refractivity (Wildman–Crippen MR) is 47.1 cm³/mol. The fraction of sp³-hybridized carbons (Fsp3) is 0. The van der Waals surface area contributed by atoms with Crippen molar-refractivity contribution in [1.82, 2.24) is 9.97 Å². The quantitative estimate of drug-likeness (QED) is 0.318. The van der Waals surface area contributed by atoms with Gasteiger partial charge >= 0.3 is 22.9 Å².